The van der Waals surface area contributed by atoms with Gasteiger partial charge in [-0.05, 0) is 23.8 Å². The maximum atomic E-state index is 13.1. The summed E-state index contributed by atoms with van der Waals surface area (Å²) in [6.07, 6.45) is 0. The molecule has 3 aromatic rings. The second-order valence-corrected chi connectivity index (χ2v) is 5.95. The molecule has 3 rings (SSSR count). The molecule has 28 heavy (non-hydrogen) atoms. The Labute approximate surface area is 162 Å². The van der Waals surface area contributed by atoms with Gasteiger partial charge in [0.05, 0.1) is 27.0 Å². The average Bonchev–Trinajstić information content (AvgIpc) is 2.72. The summed E-state index contributed by atoms with van der Waals surface area (Å²) < 4.78 is 30.7. The molecule has 0 aliphatic carbocycles. The standard InChI is InChI=1S/C21H21FN2O4/c1-26-17-11-16(12-18(27-2)21(17)28-3)24-19(5-4-6-20(24)25)23-13-14-7-9-15(22)10-8-14/h4-12,23H,13H2,1-3H3. The molecule has 1 N–H and O–H groups in total. The first-order valence-corrected chi connectivity index (χ1v) is 8.58. The Kier molecular flexibility index (Phi) is 5.84. The summed E-state index contributed by atoms with van der Waals surface area (Å²) in [6, 6.07) is 14.5. The van der Waals surface area contributed by atoms with Crippen LogP contribution in [0.2, 0.25) is 0 Å². The number of nitrogens with one attached hydrogen (secondary N) is 1. The Bertz CT molecular complexity index is 991. The van der Waals surface area contributed by atoms with E-state index in [1.165, 1.54) is 44.1 Å². The zero-order valence-electron chi connectivity index (χ0n) is 15.9. The molecule has 1 aromatic heterocycles. The van der Waals surface area contributed by atoms with E-state index in [0.29, 0.717) is 35.3 Å². The minimum absolute atomic E-state index is 0.224. The molecule has 6 nitrogen and oxygen atoms in total. The van der Waals surface area contributed by atoms with Crippen molar-refractivity contribution >= 4 is 5.82 Å². The van der Waals surface area contributed by atoms with Gasteiger partial charge in [-0.1, -0.05) is 18.2 Å². The van der Waals surface area contributed by atoms with Crippen LogP contribution in [-0.4, -0.2) is 25.9 Å². The van der Waals surface area contributed by atoms with E-state index in [-0.39, 0.29) is 11.4 Å². The molecule has 0 bridgehead atoms. The van der Waals surface area contributed by atoms with E-state index >= 15 is 0 Å². The average molecular weight is 384 g/mol. The van der Waals surface area contributed by atoms with Gasteiger partial charge < -0.3 is 19.5 Å². The van der Waals surface area contributed by atoms with E-state index in [2.05, 4.69) is 5.32 Å². The predicted molar refractivity (Wildman–Crippen MR) is 105 cm³/mol. The van der Waals surface area contributed by atoms with Gasteiger partial charge in [0, 0.05) is 24.7 Å². The summed E-state index contributed by atoms with van der Waals surface area (Å²) in [7, 11) is 4.55. The van der Waals surface area contributed by atoms with Crippen LogP contribution < -0.4 is 25.1 Å². The van der Waals surface area contributed by atoms with Gasteiger partial charge in [0.15, 0.2) is 11.5 Å². The van der Waals surface area contributed by atoms with E-state index in [1.807, 2.05) is 0 Å². The van der Waals surface area contributed by atoms with E-state index in [4.69, 9.17) is 14.2 Å². The quantitative estimate of drug-likeness (QED) is 0.674. The third kappa shape index (κ3) is 3.93. The van der Waals surface area contributed by atoms with Crippen molar-refractivity contribution in [1.82, 2.24) is 4.57 Å². The number of aromatic nitrogens is 1. The van der Waals surface area contributed by atoms with Crippen molar-refractivity contribution in [2.75, 3.05) is 26.6 Å². The summed E-state index contributed by atoms with van der Waals surface area (Å²) >= 11 is 0. The SMILES string of the molecule is COc1cc(-n2c(NCc3ccc(F)cc3)cccc2=O)cc(OC)c1OC. The van der Waals surface area contributed by atoms with Gasteiger partial charge in [-0.15, -0.1) is 0 Å². The summed E-state index contributed by atoms with van der Waals surface area (Å²) in [5.74, 6) is 1.61. The molecule has 0 saturated heterocycles. The van der Waals surface area contributed by atoms with E-state index in [9.17, 15) is 9.18 Å². The molecule has 0 radical (unpaired) electrons. The van der Waals surface area contributed by atoms with Crippen molar-refractivity contribution in [2.24, 2.45) is 0 Å². The Hall–Kier alpha value is -3.48. The zero-order chi connectivity index (χ0) is 20.1. The Balaban J connectivity index is 2.02. The minimum Gasteiger partial charge on any atom is -0.493 e. The molecule has 2 aromatic carbocycles. The summed E-state index contributed by atoms with van der Waals surface area (Å²) in [4.78, 5) is 12.6. The maximum Gasteiger partial charge on any atom is 0.256 e. The summed E-state index contributed by atoms with van der Waals surface area (Å²) in [6.45, 7) is 0.425. The first-order valence-electron chi connectivity index (χ1n) is 8.58. The molecule has 0 atom stereocenters. The van der Waals surface area contributed by atoms with E-state index < -0.39 is 0 Å². The number of methoxy groups -OCH3 is 3. The van der Waals surface area contributed by atoms with E-state index in [0.717, 1.165) is 5.56 Å². The molecule has 0 fully saturated rings. The molecule has 146 valence electrons. The number of hydrogen-bond acceptors (Lipinski definition) is 5. The van der Waals surface area contributed by atoms with Gasteiger partial charge in [-0.25, -0.2) is 4.39 Å². The van der Waals surface area contributed by atoms with Gasteiger partial charge in [0.1, 0.15) is 11.6 Å². The zero-order valence-corrected chi connectivity index (χ0v) is 15.9. The van der Waals surface area contributed by atoms with Gasteiger partial charge in [-0.3, -0.25) is 9.36 Å². The van der Waals surface area contributed by atoms with Gasteiger partial charge in [0.2, 0.25) is 5.75 Å². The third-order valence-electron chi connectivity index (χ3n) is 4.25. The number of benzene rings is 2. The van der Waals surface area contributed by atoms with Gasteiger partial charge in [0.25, 0.3) is 5.56 Å². The topological polar surface area (TPSA) is 61.7 Å². The van der Waals surface area contributed by atoms with Crippen molar-refractivity contribution < 1.29 is 18.6 Å². The van der Waals surface area contributed by atoms with Crippen LogP contribution in [-0.2, 0) is 6.54 Å². The summed E-state index contributed by atoms with van der Waals surface area (Å²) in [5.41, 5.74) is 1.22. The molecular weight excluding hydrogens is 363 g/mol. The third-order valence-corrected chi connectivity index (χ3v) is 4.25. The molecule has 1 heterocycles. The van der Waals surface area contributed by atoms with E-state index in [1.54, 1.807) is 36.4 Å². The summed E-state index contributed by atoms with van der Waals surface area (Å²) in [5, 5.41) is 3.22. The number of pyridine rings is 1. The van der Waals surface area contributed by atoms with Crippen LogP contribution in [0, 0.1) is 5.82 Å². The van der Waals surface area contributed by atoms with Crippen LogP contribution >= 0.6 is 0 Å². The number of halogens is 1. The number of anilines is 1. The lowest BCUT2D eigenvalue weighted by Crippen LogP contribution is -2.21. The van der Waals surface area contributed by atoms with Crippen LogP contribution in [0.5, 0.6) is 17.2 Å². The van der Waals surface area contributed by atoms with Crippen LogP contribution in [0.1, 0.15) is 5.56 Å². The molecule has 0 aliphatic rings. The molecule has 0 aliphatic heterocycles. The Morgan fingerprint density at radius 1 is 0.929 bits per heavy atom. The first kappa shape index (κ1) is 19.3. The van der Waals surface area contributed by atoms with Crippen molar-refractivity contribution in [3.63, 3.8) is 0 Å². The smallest absolute Gasteiger partial charge is 0.256 e. The highest BCUT2D eigenvalue weighted by Crippen LogP contribution is 2.39. The fourth-order valence-corrected chi connectivity index (χ4v) is 2.88. The number of ether oxygens (including phenoxy) is 3. The largest absolute Gasteiger partial charge is 0.493 e. The highest BCUT2D eigenvalue weighted by molar-refractivity contribution is 5.60. The second kappa shape index (κ2) is 8.47. The van der Waals surface area contributed by atoms with Gasteiger partial charge >= 0.3 is 0 Å². The molecule has 0 unspecified atom stereocenters. The number of nitrogens with zero attached hydrogens (tertiary/aromatic N) is 1. The highest BCUT2D eigenvalue weighted by atomic mass is 19.1. The van der Waals surface area contributed by atoms with Crippen LogP contribution in [0.15, 0.2) is 59.4 Å². The predicted octanol–water partition coefficient (Wildman–Crippen LogP) is 3.61. The molecule has 7 heteroatoms. The van der Waals surface area contributed by atoms with Crippen molar-refractivity contribution in [3.8, 4) is 22.9 Å². The normalized spacial score (nSPS) is 10.4. The fourth-order valence-electron chi connectivity index (χ4n) is 2.88. The lowest BCUT2D eigenvalue weighted by molar-refractivity contribution is 0.324. The maximum absolute atomic E-state index is 13.1. The monoisotopic (exact) mass is 384 g/mol. The minimum atomic E-state index is -0.294. The van der Waals surface area contributed by atoms with Gasteiger partial charge in [-0.2, -0.15) is 0 Å². The van der Waals surface area contributed by atoms with Crippen LogP contribution in [0.3, 0.4) is 0 Å². The lowest BCUT2D eigenvalue weighted by Gasteiger charge is -2.18. The first-order chi connectivity index (χ1) is 13.6. The van der Waals surface area contributed by atoms with Crippen molar-refractivity contribution in [2.45, 2.75) is 6.54 Å². The molecule has 0 spiro atoms. The highest BCUT2D eigenvalue weighted by Gasteiger charge is 2.16. The van der Waals surface area contributed by atoms with Crippen LogP contribution in [0.25, 0.3) is 5.69 Å². The fraction of sp³-hybridized carbons (Fsp3) is 0.190. The lowest BCUT2D eigenvalue weighted by atomic mass is 10.2. The molecule has 0 amide bonds. The number of rotatable bonds is 7. The molecule has 0 saturated carbocycles. The number of hydrogen-bond donors (Lipinski definition) is 1. The Morgan fingerprint density at radius 3 is 2.14 bits per heavy atom. The van der Waals surface area contributed by atoms with Crippen LogP contribution in [0.4, 0.5) is 10.2 Å². The van der Waals surface area contributed by atoms with Crippen molar-refractivity contribution in [3.05, 3.63) is 76.3 Å². The van der Waals surface area contributed by atoms with Crippen molar-refractivity contribution in [1.29, 1.82) is 0 Å². The molecular formula is C21H21FN2O4. The Morgan fingerprint density at radius 2 is 1.57 bits per heavy atom. The second-order valence-electron chi connectivity index (χ2n) is 5.95.